The molecule has 1 aliphatic heterocycles. The summed E-state index contributed by atoms with van der Waals surface area (Å²) in [7, 11) is 0. The highest BCUT2D eigenvalue weighted by Crippen LogP contribution is 2.36. The average Bonchev–Trinajstić information content (AvgIpc) is 3.29. The number of esters is 1. The first kappa shape index (κ1) is 20.9. The van der Waals surface area contributed by atoms with Crippen LogP contribution in [-0.4, -0.2) is 41.0 Å². The quantitative estimate of drug-likeness (QED) is 0.433. The second-order valence-electron chi connectivity index (χ2n) is 7.88. The predicted octanol–water partition coefficient (Wildman–Crippen LogP) is 4.57. The lowest BCUT2D eigenvalue weighted by Crippen LogP contribution is -2.24. The molecule has 0 saturated heterocycles. The van der Waals surface area contributed by atoms with Gasteiger partial charge in [-0.15, -0.1) is 0 Å². The van der Waals surface area contributed by atoms with E-state index in [-0.39, 0.29) is 12.5 Å². The fraction of sp³-hybridized carbons (Fsp3) is 0.231. The summed E-state index contributed by atoms with van der Waals surface area (Å²) < 4.78 is 12.4. The number of aromatic nitrogens is 2. The van der Waals surface area contributed by atoms with Crippen molar-refractivity contribution in [3.05, 3.63) is 77.2 Å². The standard InChI is InChI=1S/C26H23N3O4/c1-3-32-26(31)20-15-27-14-13-19-18-11-7-8-12-21(18)29(24(19)20)25(30)22-16(2)33-28-23(22)17-9-5-4-6-10-17/h4-12,15,20H,3,13-14H2,1-2H3. The van der Waals surface area contributed by atoms with E-state index >= 15 is 0 Å². The van der Waals surface area contributed by atoms with Crippen LogP contribution in [-0.2, 0) is 16.0 Å². The number of benzene rings is 2. The smallest absolute Gasteiger partial charge is 0.320 e. The zero-order valence-corrected chi connectivity index (χ0v) is 18.4. The van der Waals surface area contributed by atoms with Crippen LogP contribution in [0.15, 0.2) is 64.1 Å². The highest BCUT2D eigenvalue weighted by atomic mass is 16.5. The molecule has 0 N–H and O–H groups in total. The van der Waals surface area contributed by atoms with Gasteiger partial charge in [0.05, 0.1) is 12.1 Å². The zero-order chi connectivity index (χ0) is 22.9. The Morgan fingerprint density at radius 1 is 1.12 bits per heavy atom. The Kier molecular flexibility index (Phi) is 5.38. The number of fused-ring (bicyclic) bond motifs is 3. The molecule has 5 rings (SSSR count). The molecule has 0 saturated carbocycles. The van der Waals surface area contributed by atoms with Crippen LogP contribution in [0.3, 0.4) is 0 Å². The molecule has 166 valence electrons. The Morgan fingerprint density at radius 2 is 1.88 bits per heavy atom. The van der Waals surface area contributed by atoms with Crippen molar-refractivity contribution >= 4 is 29.0 Å². The Balaban J connectivity index is 1.77. The number of aryl methyl sites for hydroxylation is 1. The van der Waals surface area contributed by atoms with E-state index in [2.05, 4.69) is 10.1 Å². The van der Waals surface area contributed by atoms with Crippen molar-refractivity contribution in [1.29, 1.82) is 0 Å². The SMILES string of the molecule is CCOC(=O)C1C=NCCc2c1n(C(=O)c1c(-c3ccccc3)noc1C)c1ccccc21. The molecular weight excluding hydrogens is 418 g/mol. The summed E-state index contributed by atoms with van der Waals surface area (Å²) in [5.41, 5.74) is 3.89. The maximum Gasteiger partial charge on any atom is 0.320 e. The van der Waals surface area contributed by atoms with Crippen molar-refractivity contribution in [1.82, 2.24) is 9.72 Å². The second kappa shape index (κ2) is 8.50. The summed E-state index contributed by atoms with van der Waals surface area (Å²) in [6.07, 6.45) is 2.22. The molecule has 33 heavy (non-hydrogen) atoms. The van der Waals surface area contributed by atoms with Crippen LogP contribution in [0.25, 0.3) is 22.2 Å². The van der Waals surface area contributed by atoms with Crippen LogP contribution in [0.4, 0.5) is 0 Å². The van der Waals surface area contributed by atoms with E-state index in [0.29, 0.717) is 35.7 Å². The van der Waals surface area contributed by atoms with E-state index in [0.717, 1.165) is 22.0 Å². The van der Waals surface area contributed by atoms with E-state index in [1.54, 1.807) is 24.6 Å². The maximum atomic E-state index is 14.2. The van der Waals surface area contributed by atoms with Crippen LogP contribution in [0, 0.1) is 6.92 Å². The third-order valence-corrected chi connectivity index (χ3v) is 5.93. The third kappa shape index (κ3) is 3.46. The summed E-state index contributed by atoms with van der Waals surface area (Å²) >= 11 is 0. The van der Waals surface area contributed by atoms with Gasteiger partial charge < -0.3 is 9.26 Å². The van der Waals surface area contributed by atoms with Gasteiger partial charge in [-0.05, 0) is 31.9 Å². The monoisotopic (exact) mass is 441 g/mol. The molecule has 0 fully saturated rings. The van der Waals surface area contributed by atoms with E-state index in [1.165, 1.54) is 0 Å². The van der Waals surface area contributed by atoms with Gasteiger partial charge in [0.25, 0.3) is 5.91 Å². The number of carbonyl (C=O) groups is 2. The molecule has 7 nitrogen and oxygen atoms in total. The number of rotatable bonds is 4. The molecule has 7 heteroatoms. The van der Waals surface area contributed by atoms with Gasteiger partial charge in [-0.1, -0.05) is 53.7 Å². The van der Waals surface area contributed by atoms with E-state index in [4.69, 9.17) is 9.26 Å². The highest BCUT2D eigenvalue weighted by Gasteiger charge is 2.34. The Morgan fingerprint density at radius 3 is 2.67 bits per heavy atom. The summed E-state index contributed by atoms with van der Waals surface area (Å²) in [4.78, 5) is 31.5. The minimum absolute atomic E-state index is 0.246. The van der Waals surface area contributed by atoms with E-state index in [1.807, 2.05) is 54.6 Å². The number of para-hydroxylation sites is 1. The molecule has 0 radical (unpaired) electrons. The molecule has 2 aromatic heterocycles. The van der Waals surface area contributed by atoms with Gasteiger partial charge in [0.2, 0.25) is 0 Å². The van der Waals surface area contributed by atoms with E-state index in [9.17, 15) is 9.59 Å². The van der Waals surface area contributed by atoms with Gasteiger partial charge in [-0.25, -0.2) is 0 Å². The lowest BCUT2D eigenvalue weighted by molar-refractivity contribution is -0.143. The van der Waals surface area contributed by atoms with Gasteiger partial charge in [0.1, 0.15) is 22.9 Å². The summed E-state index contributed by atoms with van der Waals surface area (Å²) in [5, 5.41) is 5.11. The first-order chi connectivity index (χ1) is 16.1. The number of hydrogen-bond acceptors (Lipinski definition) is 6. The number of aliphatic imine (C=N–C) groups is 1. The predicted molar refractivity (Wildman–Crippen MR) is 125 cm³/mol. The van der Waals surface area contributed by atoms with Crippen molar-refractivity contribution in [3.8, 4) is 11.3 Å². The van der Waals surface area contributed by atoms with Crippen molar-refractivity contribution in [2.24, 2.45) is 4.99 Å². The molecule has 0 bridgehead atoms. The lowest BCUT2D eigenvalue weighted by Gasteiger charge is -2.16. The van der Waals surface area contributed by atoms with Crippen molar-refractivity contribution < 1.29 is 18.8 Å². The third-order valence-electron chi connectivity index (χ3n) is 5.93. The first-order valence-corrected chi connectivity index (χ1v) is 11.0. The number of nitrogens with zero attached hydrogens (tertiary/aromatic N) is 3. The lowest BCUT2D eigenvalue weighted by atomic mass is 9.99. The maximum absolute atomic E-state index is 14.2. The fourth-order valence-electron chi connectivity index (χ4n) is 4.50. The first-order valence-electron chi connectivity index (χ1n) is 11.0. The van der Waals surface area contributed by atoms with Gasteiger partial charge >= 0.3 is 5.97 Å². The molecule has 2 aromatic carbocycles. The van der Waals surface area contributed by atoms with Crippen molar-refractivity contribution in [2.75, 3.05) is 13.2 Å². The molecule has 1 aliphatic rings. The van der Waals surface area contributed by atoms with Crippen molar-refractivity contribution in [3.63, 3.8) is 0 Å². The fourth-order valence-corrected chi connectivity index (χ4v) is 4.50. The van der Waals surface area contributed by atoms with Gasteiger partial charge in [0, 0.05) is 29.4 Å². The highest BCUT2D eigenvalue weighted by molar-refractivity contribution is 6.10. The molecule has 0 aliphatic carbocycles. The normalized spacial score (nSPS) is 15.3. The Labute approximate surface area is 190 Å². The van der Waals surface area contributed by atoms with Crippen LogP contribution in [0.2, 0.25) is 0 Å². The van der Waals surface area contributed by atoms with Crippen LogP contribution in [0.1, 0.15) is 40.2 Å². The molecule has 4 aromatic rings. The van der Waals surface area contributed by atoms with Crippen molar-refractivity contribution in [2.45, 2.75) is 26.2 Å². The Hall–Kier alpha value is -4.00. The molecule has 1 atom stereocenters. The number of carbonyl (C=O) groups excluding carboxylic acids is 2. The minimum atomic E-state index is -0.779. The average molecular weight is 441 g/mol. The number of ether oxygens (including phenoxy) is 1. The Bertz CT molecular complexity index is 1380. The van der Waals surface area contributed by atoms with Crippen LogP contribution < -0.4 is 0 Å². The number of hydrogen-bond donors (Lipinski definition) is 0. The van der Waals surface area contributed by atoms with Gasteiger partial charge in [-0.2, -0.15) is 0 Å². The molecule has 3 heterocycles. The molecule has 1 unspecified atom stereocenters. The summed E-state index contributed by atoms with van der Waals surface area (Å²) in [6.45, 7) is 4.27. The largest absolute Gasteiger partial charge is 0.465 e. The van der Waals surface area contributed by atoms with Gasteiger partial charge in [0.15, 0.2) is 0 Å². The molecule has 0 spiro atoms. The van der Waals surface area contributed by atoms with E-state index < -0.39 is 11.9 Å². The molecular formula is C26H23N3O4. The molecule has 0 amide bonds. The van der Waals surface area contributed by atoms with Crippen LogP contribution >= 0.6 is 0 Å². The zero-order valence-electron chi connectivity index (χ0n) is 18.4. The summed E-state index contributed by atoms with van der Waals surface area (Å²) in [5.74, 6) is -1.08. The summed E-state index contributed by atoms with van der Waals surface area (Å²) in [6, 6.07) is 17.1. The minimum Gasteiger partial charge on any atom is -0.465 e. The van der Waals surface area contributed by atoms with Gasteiger partial charge in [-0.3, -0.25) is 19.1 Å². The topological polar surface area (TPSA) is 86.7 Å². The second-order valence-corrected chi connectivity index (χ2v) is 7.88. The van der Waals surface area contributed by atoms with Crippen LogP contribution in [0.5, 0.6) is 0 Å².